The fourth-order valence-electron chi connectivity index (χ4n) is 3.59. The molecule has 1 saturated heterocycles. The SMILES string of the molecule is CCC1(C)CNC(C)(C2CC2)CN1Cc1cccc(Br)c1. The number of rotatable bonds is 4. The summed E-state index contributed by atoms with van der Waals surface area (Å²) in [6, 6.07) is 8.75. The van der Waals surface area contributed by atoms with Crippen LogP contribution in [0.5, 0.6) is 0 Å². The summed E-state index contributed by atoms with van der Waals surface area (Å²) >= 11 is 3.60. The zero-order chi connectivity index (χ0) is 15.1. The van der Waals surface area contributed by atoms with Gasteiger partial charge in [0.05, 0.1) is 0 Å². The van der Waals surface area contributed by atoms with E-state index in [0.29, 0.717) is 5.54 Å². The third-order valence-electron chi connectivity index (χ3n) is 5.66. The number of hydrogen-bond donors (Lipinski definition) is 1. The molecule has 1 aliphatic carbocycles. The first-order valence-electron chi connectivity index (χ1n) is 8.20. The lowest BCUT2D eigenvalue weighted by Gasteiger charge is -2.52. The first-order chi connectivity index (χ1) is 9.95. The Balaban J connectivity index is 1.80. The molecule has 1 aromatic carbocycles. The van der Waals surface area contributed by atoms with Crippen LogP contribution in [0.1, 0.15) is 45.6 Å². The highest BCUT2D eigenvalue weighted by Crippen LogP contribution is 2.43. The predicted molar refractivity (Wildman–Crippen MR) is 92.4 cm³/mol. The summed E-state index contributed by atoms with van der Waals surface area (Å²) in [5.41, 5.74) is 1.97. The topological polar surface area (TPSA) is 15.3 Å². The van der Waals surface area contributed by atoms with Gasteiger partial charge in [-0.25, -0.2) is 0 Å². The molecule has 116 valence electrons. The number of hydrogen-bond acceptors (Lipinski definition) is 2. The Labute approximate surface area is 137 Å². The Bertz CT molecular complexity index is 514. The van der Waals surface area contributed by atoms with E-state index in [1.807, 2.05) is 0 Å². The van der Waals surface area contributed by atoms with Crippen LogP contribution in [-0.4, -0.2) is 29.1 Å². The van der Waals surface area contributed by atoms with Crippen molar-refractivity contribution in [2.45, 2.75) is 57.7 Å². The molecule has 0 bridgehead atoms. The minimum atomic E-state index is 0.261. The fraction of sp³-hybridized carbons (Fsp3) is 0.667. The van der Waals surface area contributed by atoms with E-state index in [4.69, 9.17) is 0 Å². The van der Waals surface area contributed by atoms with E-state index in [1.165, 1.54) is 29.3 Å². The number of benzene rings is 1. The third kappa shape index (κ3) is 3.20. The molecule has 1 N–H and O–H groups in total. The average Bonchev–Trinajstić information content (AvgIpc) is 3.28. The van der Waals surface area contributed by atoms with Crippen molar-refractivity contribution >= 4 is 15.9 Å². The second-order valence-corrected chi connectivity index (χ2v) is 8.30. The highest BCUT2D eigenvalue weighted by molar-refractivity contribution is 9.10. The highest BCUT2D eigenvalue weighted by atomic mass is 79.9. The second-order valence-electron chi connectivity index (χ2n) is 7.38. The standard InChI is InChI=1S/C18H27BrN2/c1-4-17(2)12-20-18(3,15-8-9-15)13-21(17)11-14-6-5-7-16(19)10-14/h5-7,10,15,20H,4,8-9,11-13H2,1-3H3. The molecule has 0 spiro atoms. The molecule has 0 radical (unpaired) electrons. The quantitative estimate of drug-likeness (QED) is 0.875. The normalized spacial score (nSPS) is 34.1. The Hall–Kier alpha value is -0.380. The molecular formula is C18H27BrN2. The smallest absolute Gasteiger partial charge is 0.0309 e. The van der Waals surface area contributed by atoms with Crippen molar-refractivity contribution in [3.05, 3.63) is 34.3 Å². The van der Waals surface area contributed by atoms with Gasteiger partial charge in [-0.2, -0.15) is 0 Å². The van der Waals surface area contributed by atoms with Gasteiger partial charge >= 0.3 is 0 Å². The van der Waals surface area contributed by atoms with Crippen molar-refractivity contribution in [1.82, 2.24) is 10.2 Å². The maximum absolute atomic E-state index is 3.88. The first kappa shape index (κ1) is 15.5. The number of nitrogens with zero attached hydrogens (tertiary/aromatic N) is 1. The molecule has 2 atom stereocenters. The summed E-state index contributed by atoms with van der Waals surface area (Å²) in [6.45, 7) is 10.5. The molecule has 0 amide bonds. The van der Waals surface area contributed by atoms with Gasteiger partial charge in [0.1, 0.15) is 0 Å². The maximum Gasteiger partial charge on any atom is 0.0309 e. The van der Waals surface area contributed by atoms with Gasteiger partial charge < -0.3 is 5.32 Å². The van der Waals surface area contributed by atoms with Gasteiger partial charge in [0, 0.05) is 35.2 Å². The largest absolute Gasteiger partial charge is 0.308 e. The molecule has 1 aliphatic heterocycles. The van der Waals surface area contributed by atoms with Crippen LogP contribution in [0.2, 0.25) is 0 Å². The molecule has 1 saturated carbocycles. The second kappa shape index (κ2) is 5.68. The Morgan fingerprint density at radius 1 is 1.33 bits per heavy atom. The van der Waals surface area contributed by atoms with E-state index in [9.17, 15) is 0 Å². The first-order valence-corrected chi connectivity index (χ1v) is 8.99. The van der Waals surface area contributed by atoms with Crippen LogP contribution >= 0.6 is 15.9 Å². The number of piperazine rings is 1. The summed E-state index contributed by atoms with van der Waals surface area (Å²) < 4.78 is 1.18. The molecule has 2 aliphatic rings. The molecular weight excluding hydrogens is 324 g/mol. The van der Waals surface area contributed by atoms with Crippen LogP contribution in [0.4, 0.5) is 0 Å². The van der Waals surface area contributed by atoms with Crippen molar-refractivity contribution in [2.75, 3.05) is 13.1 Å². The molecule has 3 heteroatoms. The van der Waals surface area contributed by atoms with Gasteiger partial charge in [-0.3, -0.25) is 4.90 Å². The van der Waals surface area contributed by atoms with Crippen LogP contribution < -0.4 is 5.32 Å². The van der Waals surface area contributed by atoms with E-state index in [2.05, 4.69) is 71.2 Å². The summed E-state index contributed by atoms with van der Waals surface area (Å²) in [5.74, 6) is 0.879. The predicted octanol–water partition coefficient (Wildman–Crippen LogP) is 4.19. The summed E-state index contributed by atoms with van der Waals surface area (Å²) in [5, 5.41) is 3.88. The molecule has 1 aromatic rings. The van der Waals surface area contributed by atoms with E-state index < -0.39 is 0 Å². The molecule has 2 nitrogen and oxygen atoms in total. The molecule has 0 aromatic heterocycles. The van der Waals surface area contributed by atoms with E-state index in [0.717, 1.165) is 25.6 Å². The Morgan fingerprint density at radius 3 is 2.71 bits per heavy atom. The molecule has 21 heavy (non-hydrogen) atoms. The summed E-state index contributed by atoms with van der Waals surface area (Å²) in [4.78, 5) is 2.71. The molecule has 2 unspecified atom stereocenters. The molecule has 3 rings (SSSR count). The minimum Gasteiger partial charge on any atom is -0.308 e. The number of halogens is 1. The van der Waals surface area contributed by atoms with E-state index >= 15 is 0 Å². The van der Waals surface area contributed by atoms with E-state index in [-0.39, 0.29) is 5.54 Å². The van der Waals surface area contributed by atoms with Gasteiger partial charge in [-0.05, 0) is 56.7 Å². The van der Waals surface area contributed by atoms with Crippen LogP contribution in [0.25, 0.3) is 0 Å². The third-order valence-corrected chi connectivity index (χ3v) is 6.15. The Kier molecular flexibility index (Phi) is 4.19. The fourth-order valence-corrected chi connectivity index (χ4v) is 4.04. The van der Waals surface area contributed by atoms with E-state index in [1.54, 1.807) is 0 Å². The maximum atomic E-state index is 3.88. The lowest BCUT2D eigenvalue weighted by atomic mass is 9.84. The number of nitrogens with one attached hydrogen (secondary N) is 1. The highest BCUT2D eigenvalue weighted by Gasteiger charge is 2.48. The lowest BCUT2D eigenvalue weighted by Crippen LogP contribution is -2.68. The van der Waals surface area contributed by atoms with Gasteiger partial charge in [-0.15, -0.1) is 0 Å². The monoisotopic (exact) mass is 350 g/mol. The van der Waals surface area contributed by atoms with Crippen molar-refractivity contribution in [3.63, 3.8) is 0 Å². The van der Waals surface area contributed by atoms with Crippen LogP contribution in [0.3, 0.4) is 0 Å². The minimum absolute atomic E-state index is 0.261. The molecule has 1 heterocycles. The average molecular weight is 351 g/mol. The summed E-state index contributed by atoms with van der Waals surface area (Å²) in [6.07, 6.45) is 3.99. The van der Waals surface area contributed by atoms with Crippen molar-refractivity contribution in [2.24, 2.45) is 5.92 Å². The van der Waals surface area contributed by atoms with Gasteiger partial charge in [-0.1, -0.05) is 35.0 Å². The van der Waals surface area contributed by atoms with Crippen molar-refractivity contribution in [3.8, 4) is 0 Å². The summed E-state index contributed by atoms with van der Waals surface area (Å²) in [7, 11) is 0. The van der Waals surface area contributed by atoms with Crippen LogP contribution in [0.15, 0.2) is 28.7 Å². The van der Waals surface area contributed by atoms with Crippen LogP contribution in [0, 0.1) is 5.92 Å². The van der Waals surface area contributed by atoms with Crippen LogP contribution in [-0.2, 0) is 6.54 Å². The Morgan fingerprint density at radius 2 is 2.10 bits per heavy atom. The van der Waals surface area contributed by atoms with Gasteiger partial charge in [0.2, 0.25) is 0 Å². The van der Waals surface area contributed by atoms with Gasteiger partial charge in [0.25, 0.3) is 0 Å². The van der Waals surface area contributed by atoms with Gasteiger partial charge in [0.15, 0.2) is 0 Å². The van der Waals surface area contributed by atoms with Crippen molar-refractivity contribution < 1.29 is 0 Å². The lowest BCUT2D eigenvalue weighted by molar-refractivity contribution is 0.00424. The molecule has 2 fully saturated rings. The zero-order valence-corrected chi connectivity index (χ0v) is 15.0. The zero-order valence-electron chi connectivity index (χ0n) is 13.5. The van der Waals surface area contributed by atoms with Crippen molar-refractivity contribution in [1.29, 1.82) is 0 Å².